The molecule has 0 aliphatic heterocycles. The zero-order chi connectivity index (χ0) is 10.1. The molecule has 13 heavy (non-hydrogen) atoms. The van der Waals surface area contributed by atoms with Crippen LogP contribution in [-0.4, -0.2) is 26.5 Å². The van der Waals surface area contributed by atoms with Crippen LogP contribution in [0.5, 0.6) is 0 Å². The van der Waals surface area contributed by atoms with Crippen LogP contribution >= 0.6 is 0 Å². The zero-order valence-corrected chi connectivity index (χ0v) is 7.91. The van der Waals surface area contributed by atoms with Gasteiger partial charge in [-0.3, -0.25) is 0 Å². The first-order valence-corrected chi connectivity index (χ1v) is 4.02. The number of rotatable bonds is 6. The van der Waals surface area contributed by atoms with E-state index in [-0.39, 0.29) is 5.76 Å². The summed E-state index contributed by atoms with van der Waals surface area (Å²) >= 11 is 0. The van der Waals surface area contributed by atoms with Crippen LogP contribution in [0.2, 0.25) is 0 Å². The van der Waals surface area contributed by atoms with E-state index >= 15 is 0 Å². The fourth-order valence-electron chi connectivity index (χ4n) is 0.785. The maximum Gasteiger partial charge on any atom is 0.372 e. The molecule has 0 aromatic carbocycles. The Labute approximate surface area is 77.5 Å². The van der Waals surface area contributed by atoms with E-state index in [2.05, 4.69) is 4.74 Å². The number of ether oxygens (including phenoxy) is 2. The molecule has 0 saturated carbocycles. The van der Waals surface area contributed by atoms with Crippen LogP contribution in [0.1, 0.15) is 19.3 Å². The molecule has 0 aliphatic rings. The molecule has 0 atom stereocenters. The SMILES string of the molecule is COC(=O)/C(=C/CCCC=O)OC. The summed E-state index contributed by atoms with van der Waals surface area (Å²) in [4.78, 5) is 20.9. The van der Waals surface area contributed by atoms with Gasteiger partial charge in [-0.25, -0.2) is 4.79 Å². The number of carbonyl (C=O) groups is 2. The van der Waals surface area contributed by atoms with E-state index in [1.807, 2.05) is 0 Å². The van der Waals surface area contributed by atoms with Crippen molar-refractivity contribution in [2.24, 2.45) is 0 Å². The summed E-state index contributed by atoms with van der Waals surface area (Å²) in [5.41, 5.74) is 0. The number of allylic oxidation sites excluding steroid dienone is 1. The number of hydrogen-bond donors (Lipinski definition) is 0. The highest BCUT2D eigenvalue weighted by atomic mass is 16.6. The summed E-state index contributed by atoms with van der Waals surface area (Å²) in [6, 6.07) is 0. The third-order valence-electron chi connectivity index (χ3n) is 1.46. The minimum Gasteiger partial charge on any atom is -0.490 e. The Kier molecular flexibility index (Phi) is 6.59. The minimum absolute atomic E-state index is 0.188. The lowest BCUT2D eigenvalue weighted by atomic mass is 10.2. The summed E-state index contributed by atoms with van der Waals surface area (Å²) < 4.78 is 9.24. The molecule has 0 rings (SSSR count). The lowest BCUT2D eigenvalue weighted by molar-refractivity contribution is -0.139. The molecule has 0 fully saturated rings. The first-order valence-electron chi connectivity index (χ1n) is 4.02. The highest BCUT2D eigenvalue weighted by Gasteiger charge is 2.07. The fraction of sp³-hybridized carbons (Fsp3) is 0.556. The van der Waals surface area contributed by atoms with Crippen molar-refractivity contribution in [3.05, 3.63) is 11.8 Å². The van der Waals surface area contributed by atoms with Crippen LogP contribution in [0.15, 0.2) is 11.8 Å². The van der Waals surface area contributed by atoms with E-state index in [4.69, 9.17) is 4.74 Å². The van der Waals surface area contributed by atoms with E-state index < -0.39 is 5.97 Å². The molecule has 4 nitrogen and oxygen atoms in total. The maximum atomic E-state index is 10.9. The van der Waals surface area contributed by atoms with Crippen LogP contribution in [0.3, 0.4) is 0 Å². The second kappa shape index (κ2) is 7.34. The van der Waals surface area contributed by atoms with Gasteiger partial charge in [0, 0.05) is 6.42 Å². The van der Waals surface area contributed by atoms with Gasteiger partial charge in [0.2, 0.25) is 0 Å². The predicted molar refractivity (Wildman–Crippen MR) is 47.0 cm³/mol. The topological polar surface area (TPSA) is 52.6 Å². The van der Waals surface area contributed by atoms with Gasteiger partial charge in [-0.05, 0) is 18.9 Å². The molecule has 0 amide bonds. The monoisotopic (exact) mass is 186 g/mol. The van der Waals surface area contributed by atoms with Crippen LogP contribution in [-0.2, 0) is 19.1 Å². The van der Waals surface area contributed by atoms with Crippen LogP contribution in [0, 0.1) is 0 Å². The predicted octanol–water partition coefficient (Wildman–Crippen LogP) is 1.06. The molecule has 0 saturated heterocycles. The average molecular weight is 186 g/mol. The maximum absolute atomic E-state index is 10.9. The lowest BCUT2D eigenvalue weighted by Gasteiger charge is -2.02. The molecule has 74 valence electrons. The Hall–Kier alpha value is -1.32. The van der Waals surface area contributed by atoms with Crippen molar-refractivity contribution in [3.8, 4) is 0 Å². The Morgan fingerprint density at radius 2 is 1.92 bits per heavy atom. The molecular weight excluding hydrogens is 172 g/mol. The smallest absolute Gasteiger partial charge is 0.372 e. The standard InChI is InChI=1S/C9H14O4/c1-12-8(9(11)13-2)6-4-3-5-7-10/h6-7H,3-5H2,1-2H3/b8-6-. The van der Waals surface area contributed by atoms with E-state index in [9.17, 15) is 9.59 Å². The van der Waals surface area contributed by atoms with Gasteiger partial charge in [-0.2, -0.15) is 0 Å². The van der Waals surface area contributed by atoms with E-state index in [0.717, 1.165) is 6.29 Å². The molecule has 0 N–H and O–H groups in total. The molecule has 0 heterocycles. The van der Waals surface area contributed by atoms with Crippen molar-refractivity contribution in [2.45, 2.75) is 19.3 Å². The lowest BCUT2D eigenvalue weighted by Crippen LogP contribution is -2.06. The van der Waals surface area contributed by atoms with E-state index in [1.54, 1.807) is 6.08 Å². The van der Waals surface area contributed by atoms with Crippen molar-refractivity contribution in [1.29, 1.82) is 0 Å². The highest BCUT2D eigenvalue weighted by molar-refractivity contribution is 5.85. The summed E-state index contributed by atoms with van der Waals surface area (Å²) in [7, 11) is 2.70. The third-order valence-corrected chi connectivity index (χ3v) is 1.46. The summed E-state index contributed by atoms with van der Waals surface area (Å²) in [6.07, 6.45) is 4.31. The van der Waals surface area contributed by atoms with Gasteiger partial charge in [0.15, 0.2) is 5.76 Å². The van der Waals surface area contributed by atoms with Gasteiger partial charge in [0.25, 0.3) is 0 Å². The van der Waals surface area contributed by atoms with Crippen molar-refractivity contribution >= 4 is 12.3 Å². The number of aldehydes is 1. The van der Waals surface area contributed by atoms with Crippen LogP contribution < -0.4 is 0 Å². The molecule has 0 bridgehead atoms. The largest absolute Gasteiger partial charge is 0.490 e. The fourth-order valence-corrected chi connectivity index (χ4v) is 0.785. The normalized spacial score (nSPS) is 10.8. The van der Waals surface area contributed by atoms with Crippen molar-refractivity contribution in [1.82, 2.24) is 0 Å². The molecule has 0 aromatic rings. The van der Waals surface area contributed by atoms with Gasteiger partial charge < -0.3 is 14.3 Å². The van der Waals surface area contributed by atoms with Crippen LogP contribution in [0.4, 0.5) is 0 Å². The Balaban J connectivity index is 3.91. The first-order chi connectivity index (χ1) is 6.26. The number of carbonyl (C=O) groups excluding carboxylic acids is 2. The number of methoxy groups -OCH3 is 2. The van der Waals surface area contributed by atoms with Crippen molar-refractivity contribution < 1.29 is 19.1 Å². The Morgan fingerprint density at radius 1 is 1.23 bits per heavy atom. The van der Waals surface area contributed by atoms with Gasteiger partial charge in [0.05, 0.1) is 14.2 Å². The number of hydrogen-bond acceptors (Lipinski definition) is 4. The third kappa shape index (κ3) is 5.00. The highest BCUT2D eigenvalue weighted by Crippen LogP contribution is 2.03. The summed E-state index contributed by atoms with van der Waals surface area (Å²) in [5, 5.41) is 0. The molecule has 0 aliphatic carbocycles. The molecular formula is C9H14O4. The van der Waals surface area contributed by atoms with Crippen molar-refractivity contribution in [2.75, 3.05) is 14.2 Å². The molecule has 0 aromatic heterocycles. The Bertz CT molecular complexity index is 196. The quantitative estimate of drug-likeness (QED) is 0.204. The van der Waals surface area contributed by atoms with E-state index in [0.29, 0.717) is 19.3 Å². The number of esters is 1. The molecule has 0 spiro atoms. The second-order valence-electron chi connectivity index (χ2n) is 2.36. The second-order valence-corrected chi connectivity index (χ2v) is 2.36. The molecule has 0 radical (unpaired) electrons. The first kappa shape index (κ1) is 11.7. The summed E-state index contributed by atoms with van der Waals surface area (Å²) in [5.74, 6) is -0.304. The van der Waals surface area contributed by atoms with Gasteiger partial charge in [-0.1, -0.05) is 0 Å². The molecule has 0 unspecified atom stereocenters. The van der Waals surface area contributed by atoms with Crippen LogP contribution in [0.25, 0.3) is 0 Å². The minimum atomic E-state index is -0.492. The number of unbranched alkanes of at least 4 members (excludes halogenated alkanes) is 2. The van der Waals surface area contributed by atoms with Gasteiger partial charge >= 0.3 is 5.97 Å². The van der Waals surface area contributed by atoms with Gasteiger partial charge in [-0.15, -0.1) is 0 Å². The van der Waals surface area contributed by atoms with Crippen molar-refractivity contribution in [3.63, 3.8) is 0 Å². The zero-order valence-electron chi connectivity index (χ0n) is 7.91. The average Bonchev–Trinajstić information content (AvgIpc) is 2.17. The van der Waals surface area contributed by atoms with Gasteiger partial charge in [0.1, 0.15) is 6.29 Å². The summed E-state index contributed by atoms with van der Waals surface area (Å²) in [6.45, 7) is 0. The van der Waals surface area contributed by atoms with E-state index in [1.165, 1.54) is 14.2 Å². The Morgan fingerprint density at radius 3 is 2.38 bits per heavy atom. The molecule has 4 heteroatoms.